The van der Waals surface area contributed by atoms with Crippen molar-refractivity contribution in [1.29, 1.82) is 0 Å². The molecule has 1 atom stereocenters. The van der Waals surface area contributed by atoms with Gasteiger partial charge in [0.05, 0.1) is 35.9 Å². The Hall–Kier alpha value is -2.18. The van der Waals surface area contributed by atoms with E-state index >= 15 is 0 Å². The minimum atomic E-state index is -0.358. The second kappa shape index (κ2) is 9.59. The molecule has 0 aliphatic heterocycles. The number of benzene rings is 2. The molecule has 7 heteroatoms. The number of carbonyl (C=O) groups excluding carboxylic acids is 1. The fraction of sp³-hybridized carbons (Fsp3) is 0.500. The summed E-state index contributed by atoms with van der Waals surface area (Å²) in [6, 6.07) is 9.87. The molecule has 0 bridgehead atoms. The van der Waals surface area contributed by atoms with E-state index in [4.69, 9.17) is 21.1 Å². The van der Waals surface area contributed by atoms with Crippen LogP contribution in [0.1, 0.15) is 57.4 Å². The smallest absolute Gasteiger partial charge is 0.313 e. The number of carbonyl (C=O) groups is 1. The average Bonchev–Trinajstić information content (AvgIpc) is 3.72. The van der Waals surface area contributed by atoms with Crippen LogP contribution in [0.3, 0.4) is 0 Å². The summed E-state index contributed by atoms with van der Waals surface area (Å²) in [5, 5.41) is 0.574. The Kier molecular flexibility index (Phi) is 6.57. The van der Waals surface area contributed by atoms with E-state index in [9.17, 15) is 4.79 Å². The molecule has 5 nitrogen and oxygen atoms in total. The first-order chi connectivity index (χ1) is 16.0. The van der Waals surface area contributed by atoms with Gasteiger partial charge >= 0.3 is 5.97 Å². The second-order valence-corrected chi connectivity index (χ2v) is 10.8. The molecule has 2 aliphatic rings. The number of hydrogen-bond donors (Lipinski definition) is 0. The second-order valence-electron chi connectivity index (χ2n) is 9.85. The molecule has 1 unspecified atom stereocenters. The minimum absolute atomic E-state index is 0.164. The van der Waals surface area contributed by atoms with Gasteiger partial charge in [-0.25, -0.2) is 0 Å². The van der Waals surface area contributed by atoms with Crippen LogP contribution >= 0.6 is 23.3 Å². The van der Waals surface area contributed by atoms with Crippen molar-refractivity contribution < 1.29 is 14.3 Å². The number of hydrogen-bond acceptors (Lipinski definition) is 6. The van der Waals surface area contributed by atoms with Gasteiger partial charge in [0.2, 0.25) is 0 Å². The summed E-state index contributed by atoms with van der Waals surface area (Å²) in [6.45, 7) is 5.43. The van der Waals surface area contributed by atoms with Gasteiger partial charge in [0.1, 0.15) is 16.8 Å². The molecule has 0 radical (unpaired) electrons. The summed E-state index contributed by atoms with van der Waals surface area (Å²) in [6.07, 6.45) is 5.41. The molecule has 174 valence electrons. The van der Waals surface area contributed by atoms with Gasteiger partial charge in [-0.15, -0.1) is 0 Å². The molecule has 2 aromatic carbocycles. The van der Waals surface area contributed by atoms with Crippen LogP contribution in [0.15, 0.2) is 30.3 Å². The fourth-order valence-corrected chi connectivity index (χ4v) is 4.90. The quantitative estimate of drug-likeness (QED) is 0.293. The average molecular weight is 485 g/mol. The number of nitrogens with zero attached hydrogens (tertiary/aromatic N) is 2. The molecule has 5 rings (SSSR count). The highest BCUT2D eigenvalue weighted by molar-refractivity contribution is 7.00. The van der Waals surface area contributed by atoms with E-state index < -0.39 is 0 Å². The molecule has 0 spiro atoms. The number of esters is 1. The molecule has 0 saturated heterocycles. The fourth-order valence-electron chi connectivity index (χ4n) is 4.05. The number of aromatic nitrogens is 2. The zero-order chi connectivity index (χ0) is 22.9. The molecule has 1 aromatic heterocycles. The lowest BCUT2D eigenvalue weighted by molar-refractivity contribution is -0.146. The highest BCUT2D eigenvalue weighted by Crippen LogP contribution is 2.42. The molecule has 0 N–H and O–H groups in total. The van der Waals surface area contributed by atoms with E-state index in [1.54, 1.807) is 0 Å². The molecular formula is C26H29ClN2O3S. The lowest BCUT2D eigenvalue weighted by Crippen LogP contribution is -2.19. The van der Waals surface area contributed by atoms with Gasteiger partial charge < -0.3 is 9.47 Å². The molecule has 33 heavy (non-hydrogen) atoms. The summed E-state index contributed by atoms with van der Waals surface area (Å²) in [4.78, 5) is 13.1. The number of fused-ring (bicyclic) bond motifs is 1. The van der Waals surface area contributed by atoms with Crippen molar-refractivity contribution in [3.8, 4) is 16.9 Å². The summed E-state index contributed by atoms with van der Waals surface area (Å²) in [7, 11) is 0. The van der Waals surface area contributed by atoms with Crippen LogP contribution in [0.25, 0.3) is 22.2 Å². The van der Waals surface area contributed by atoms with Crippen LogP contribution in [-0.4, -0.2) is 27.9 Å². The maximum Gasteiger partial charge on any atom is 0.313 e. The van der Waals surface area contributed by atoms with Gasteiger partial charge in [0.25, 0.3) is 0 Å². The lowest BCUT2D eigenvalue weighted by Gasteiger charge is -2.21. The van der Waals surface area contributed by atoms with Crippen molar-refractivity contribution in [3.05, 3.63) is 40.9 Å². The van der Waals surface area contributed by atoms with Crippen molar-refractivity contribution in [2.75, 3.05) is 13.2 Å². The zero-order valence-electron chi connectivity index (χ0n) is 19.1. The van der Waals surface area contributed by atoms with Crippen molar-refractivity contribution >= 4 is 40.3 Å². The third kappa shape index (κ3) is 5.49. The van der Waals surface area contributed by atoms with Crippen LogP contribution in [-0.2, 0) is 9.53 Å². The molecule has 2 aliphatic carbocycles. The van der Waals surface area contributed by atoms with Gasteiger partial charge in [-0.2, -0.15) is 8.75 Å². The Morgan fingerprint density at radius 2 is 1.79 bits per heavy atom. The Labute approximate surface area is 203 Å². The van der Waals surface area contributed by atoms with Crippen molar-refractivity contribution in [3.63, 3.8) is 0 Å². The maximum atomic E-state index is 13.1. The zero-order valence-corrected chi connectivity index (χ0v) is 20.6. The van der Waals surface area contributed by atoms with Gasteiger partial charge in [-0.05, 0) is 85.3 Å². The molecule has 1 heterocycles. The van der Waals surface area contributed by atoms with Gasteiger partial charge in [-0.1, -0.05) is 31.5 Å². The summed E-state index contributed by atoms with van der Waals surface area (Å²) in [5.74, 6) is 1.67. The van der Waals surface area contributed by atoms with Crippen LogP contribution in [0.5, 0.6) is 5.75 Å². The van der Waals surface area contributed by atoms with Gasteiger partial charge in [-0.3, -0.25) is 4.79 Å². The standard InChI is InChI=1S/C26H29ClN2O3S/c1-15(2)9-20(26(30)32-14-17-5-6-17)19-10-21(27)25(24(12-19)31-13-16-3-4-16)18-7-8-22-23(11-18)29-33-28-22/h7-8,10-12,15-17,20H,3-6,9,13-14H2,1-2H3. The highest BCUT2D eigenvalue weighted by atomic mass is 35.5. The first-order valence-electron chi connectivity index (χ1n) is 11.8. The van der Waals surface area contributed by atoms with Crippen molar-refractivity contribution in [2.24, 2.45) is 17.8 Å². The SMILES string of the molecule is CC(C)CC(C(=O)OCC1CC1)c1cc(Cl)c(-c2ccc3nsnc3c2)c(OCC2CC2)c1. The Bertz CT molecular complexity index is 1150. The van der Waals surface area contributed by atoms with E-state index in [-0.39, 0.29) is 11.9 Å². The predicted molar refractivity (Wildman–Crippen MR) is 132 cm³/mol. The van der Waals surface area contributed by atoms with E-state index in [1.807, 2.05) is 30.3 Å². The van der Waals surface area contributed by atoms with E-state index in [0.29, 0.717) is 42.4 Å². The van der Waals surface area contributed by atoms with E-state index in [2.05, 4.69) is 22.6 Å². The molecular weight excluding hydrogens is 456 g/mol. The largest absolute Gasteiger partial charge is 0.493 e. The highest BCUT2D eigenvalue weighted by Gasteiger charge is 2.30. The minimum Gasteiger partial charge on any atom is -0.493 e. The lowest BCUT2D eigenvalue weighted by atomic mass is 9.88. The molecule has 3 aromatic rings. The van der Waals surface area contributed by atoms with Crippen LogP contribution < -0.4 is 4.74 Å². The Morgan fingerprint density at radius 3 is 2.52 bits per heavy atom. The summed E-state index contributed by atoms with van der Waals surface area (Å²) in [5.41, 5.74) is 4.35. The third-order valence-electron chi connectivity index (χ3n) is 6.34. The summed E-state index contributed by atoms with van der Waals surface area (Å²) < 4.78 is 20.7. The Morgan fingerprint density at radius 1 is 1.06 bits per heavy atom. The molecule has 2 saturated carbocycles. The first-order valence-corrected chi connectivity index (χ1v) is 12.9. The topological polar surface area (TPSA) is 61.3 Å². The molecule has 2 fully saturated rings. The van der Waals surface area contributed by atoms with Crippen molar-refractivity contribution in [1.82, 2.24) is 8.75 Å². The number of rotatable bonds is 10. The monoisotopic (exact) mass is 484 g/mol. The third-order valence-corrected chi connectivity index (χ3v) is 7.20. The normalized spacial score (nSPS) is 16.8. The van der Waals surface area contributed by atoms with Crippen LogP contribution in [0, 0.1) is 17.8 Å². The van der Waals surface area contributed by atoms with Crippen molar-refractivity contribution in [2.45, 2.75) is 51.9 Å². The molecule has 0 amide bonds. The number of ether oxygens (including phenoxy) is 2. The Balaban J connectivity index is 1.51. The van der Waals surface area contributed by atoms with Crippen LogP contribution in [0.4, 0.5) is 0 Å². The van der Waals surface area contributed by atoms with E-state index in [0.717, 1.165) is 46.3 Å². The first kappa shape index (κ1) is 22.6. The summed E-state index contributed by atoms with van der Waals surface area (Å²) >= 11 is 8.08. The predicted octanol–water partition coefficient (Wildman–Crippen LogP) is 6.88. The van der Waals surface area contributed by atoms with E-state index in [1.165, 1.54) is 24.6 Å². The van der Waals surface area contributed by atoms with Gasteiger partial charge in [0.15, 0.2) is 0 Å². The van der Waals surface area contributed by atoms with Crippen LogP contribution in [0.2, 0.25) is 5.02 Å². The van der Waals surface area contributed by atoms with Gasteiger partial charge in [0, 0.05) is 5.56 Å². The maximum absolute atomic E-state index is 13.1. The number of halogens is 1.